The molecule has 2 fully saturated rings. The monoisotopic (exact) mass is 627 g/mol. The number of amides is 1. The first kappa shape index (κ1) is 29.6. The number of carbonyl (C=O) groups is 1. The number of hydrogen-bond acceptors (Lipinski definition) is 8. The van der Waals surface area contributed by atoms with Gasteiger partial charge in [0.2, 0.25) is 15.9 Å². The van der Waals surface area contributed by atoms with Gasteiger partial charge in [0.1, 0.15) is 29.5 Å². The number of alkyl halides is 2. The Morgan fingerprint density at radius 3 is 2.57 bits per heavy atom. The molecule has 0 radical (unpaired) electrons. The van der Waals surface area contributed by atoms with Crippen LogP contribution in [0.1, 0.15) is 37.3 Å². The topological polar surface area (TPSA) is 142 Å². The number of nitrogens with one attached hydrogen (secondary N) is 3. The van der Waals surface area contributed by atoms with Crippen molar-refractivity contribution >= 4 is 38.5 Å². The number of sulfonamides is 1. The van der Waals surface area contributed by atoms with Crippen LogP contribution in [0, 0.1) is 5.82 Å². The minimum Gasteiger partial charge on any atom is -0.457 e. The van der Waals surface area contributed by atoms with E-state index < -0.39 is 40.6 Å². The van der Waals surface area contributed by atoms with Crippen molar-refractivity contribution in [2.24, 2.45) is 0 Å². The van der Waals surface area contributed by atoms with Gasteiger partial charge in [0.15, 0.2) is 5.65 Å². The molecule has 6 rings (SSSR count). The summed E-state index contributed by atoms with van der Waals surface area (Å²) in [6, 6.07) is 8.74. The molecule has 3 heterocycles. The van der Waals surface area contributed by atoms with E-state index in [1.54, 1.807) is 4.90 Å². The second kappa shape index (κ2) is 11.5. The van der Waals surface area contributed by atoms with E-state index in [0.717, 1.165) is 11.8 Å². The van der Waals surface area contributed by atoms with Crippen molar-refractivity contribution in [2.45, 2.75) is 48.5 Å². The van der Waals surface area contributed by atoms with Gasteiger partial charge in [-0.05, 0) is 43.2 Å². The smallest absolute Gasteiger partial charge is 0.251 e. The van der Waals surface area contributed by atoms with Crippen molar-refractivity contribution in [3.63, 3.8) is 0 Å². The third kappa shape index (κ3) is 6.10. The summed E-state index contributed by atoms with van der Waals surface area (Å²) in [5, 5.41) is 11.0. The molecule has 0 bridgehead atoms. The molecule has 2 aliphatic rings. The largest absolute Gasteiger partial charge is 0.457 e. The highest BCUT2D eigenvalue weighted by atomic mass is 32.2. The van der Waals surface area contributed by atoms with Crippen LogP contribution in [0.2, 0.25) is 0 Å². The first-order chi connectivity index (χ1) is 21.0. The average molecular weight is 628 g/mol. The van der Waals surface area contributed by atoms with Gasteiger partial charge in [0, 0.05) is 50.0 Å². The molecule has 15 heteroatoms. The summed E-state index contributed by atoms with van der Waals surface area (Å²) >= 11 is 0. The number of aromatic nitrogens is 4. The van der Waals surface area contributed by atoms with E-state index in [9.17, 15) is 22.0 Å². The number of fused-ring (bicyclic) bond motifs is 1. The van der Waals surface area contributed by atoms with E-state index in [2.05, 4.69) is 36.8 Å². The van der Waals surface area contributed by atoms with Crippen LogP contribution in [-0.2, 0) is 14.8 Å². The number of rotatable bonds is 9. The minimum atomic E-state index is -4.06. The van der Waals surface area contributed by atoms with Crippen molar-refractivity contribution in [3.8, 4) is 11.5 Å². The van der Waals surface area contributed by atoms with Crippen LogP contribution in [-0.4, -0.2) is 64.4 Å². The number of aromatic amines is 1. The lowest BCUT2D eigenvalue weighted by Crippen LogP contribution is -2.50. The number of halogens is 3. The molecule has 0 atom stereocenters. The number of carbonyl (C=O) groups excluding carboxylic acids is 1. The van der Waals surface area contributed by atoms with Crippen molar-refractivity contribution in [1.29, 1.82) is 0 Å². The fourth-order valence-electron chi connectivity index (χ4n) is 5.45. The van der Waals surface area contributed by atoms with Crippen molar-refractivity contribution in [1.82, 2.24) is 29.8 Å². The van der Waals surface area contributed by atoms with E-state index in [-0.39, 0.29) is 33.9 Å². The van der Waals surface area contributed by atoms with E-state index in [0.29, 0.717) is 42.8 Å². The van der Waals surface area contributed by atoms with E-state index in [4.69, 9.17) is 4.74 Å². The highest BCUT2D eigenvalue weighted by Gasteiger charge is 2.46. The van der Waals surface area contributed by atoms with Crippen LogP contribution in [0.15, 0.2) is 66.3 Å². The first-order valence-electron chi connectivity index (χ1n) is 13.9. The maximum absolute atomic E-state index is 15.3. The number of H-pyrrole nitrogens is 1. The highest BCUT2D eigenvalue weighted by molar-refractivity contribution is 7.89. The van der Waals surface area contributed by atoms with Crippen LogP contribution in [0.25, 0.3) is 11.0 Å². The van der Waals surface area contributed by atoms with Gasteiger partial charge in [0.05, 0.1) is 21.7 Å². The predicted molar refractivity (Wildman–Crippen MR) is 155 cm³/mol. The lowest BCUT2D eigenvalue weighted by molar-refractivity contribution is -0.127. The van der Waals surface area contributed by atoms with Gasteiger partial charge in [-0.25, -0.2) is 36.3 Å². The molecule has 1 amide bonds. The molecule has 1 aliphatic carbocycles. The Morgan fingerprint density at radius 1 is 1.11 bits per heavy atom. The summed E-state index contributed by atoms with van der Waals surface area (Å²) in [6.07, 6.45) is 2.91. The fraction of sp³-hybridized carbons (Fsp3) is 0.310. The summed E-state index contributed by atoms with van der Waals surface area (Å²) in [5.41, 5.74) is 1.32. The molecule has 44 heavy (non-hydrogen) atoms. The molecular formula is C29H28F3N7O4S. The molecule has 1 saturated heterocycles. The molecule has 1 aliphatic heterocycles. The number of anilines is 2. The standard InChI is InChI=1S/C29H28F3N7O4S/c1-2-24(40)39-10-8-17(9-11-39)26-25-27(33-16-34-28(25)37-36-26)35-23-7-6-20(13-22(23)30)43-19-4-3-5-21(12-19)44(41,42)38-18-14-29(31,32)15-18/h2-7,12-13,16-18,38H,1,8-11,14-15H2,(H2,33,34,35,36,37). The van der Waals surface area contributed by atoms with Crippen LogP contribution in [0.3, 0.4) is 0 Å². The summed E-state index contributed by atoms with van der Waals surface area (Å²) in [5.74, 6) is -3.00. The third-order valence-electron chi connectivity index (χ3n) is 7.73. The lowest BCUT2D eigenvalue weighted by atomic mass is 9.89. The van der Waals surface area contributed by atoms with Crippen LogP contribution < -0.4 is 14.8 Å². The Bertz CT molecular complexity index is 1830. The van der Waals surface area contributed by atoms with E-state index in [1.807, 2.05) is 0 Å². The number of hydrogen-bond donors (Lipinski definition) is 3. The maximum atomic E-state index is 15.3. The van der Waals surface area contributed by atoms with Gasteiger partial charge in [-0.3, -0.25) is 9.89 Å². The van der Waals surface area contributed by atoms with Crippen molar-refractivity contribution in [3.05, 3.63) is 73.0 Å². The first-order valence-corrected chi connectivity index (χ1v) is 15.3. The maximum Gasteiger partial charge on any atom is 0.251 e. The van der Waals surface area contributed by atoms with Gasteiger partial charge in [-0.15, -0.1) is 0 Å². The zero-order chi connectivity index (χ0) is 31.1. The zero-order valence-electron chi connectivity index (χ0n) is 23.3. The normalized spacial score (nSPS) is 17.3. The number of nitrogens with zero attached hydrogens (tertiary/aromatic N) is 4. The molecule has 230 valence electrons. The Labute approximate surface area is 250 Å². The average Bonchev–Trinajstić information content (AvgIpc) is 3.42. The molecule has 2 aromatic carbocycles. The van der Waals surface area contributed by atoms with E-state index in [1.165, 1.54) is 48.8 Å². The van der Waals surface area contributed by atoms with Gasteiger partial charge < -0.3 is 15.0 Å². The van der Waals surface area contributed by atoms with Crippen molar-refractivity contribution < 1.29 is 31.1 Å². The van der Waals surface area contributed by atoms with Crippen LogP contribution in [0.5, 0.6) is 11.5 Å². The van der Waals surface area contributed by atoms with E-state index >= 15 is 4.39 Å². The fourth-order valence-corrected chi connectivity index (χ4v) is 6.72. The summed E-state index contributed by atoms with van der Waals surface area (Å²) in [6.45, 7) is 4.67. The SMILES string of the molecule is C=CC(=O)N1CCC(c2[nH]nc3ncnc(Nc4ccc(Oc5cccc(S(=O)(=O)NC6CC(F)(F)C6)c5)cc4F)c23)CC1. The van der Waals surface area contributed by atoms with Gasteiger partial charge in [0.25, 0.3) is 5.92 Å². The summed E-state index contributed by atoms with van der Waals surface area (Å²) in [7, 11) is -4.06. The number of ether oxygens (including phenoxy) is 1. The summed E-state index contributed by atoms with van der Waals surface area (Å²) < 4.78 is 74.8. The molecule has 2 aromatic heterocycles. The second-order valence-corrected chi connectivity index (χ2v) is 12.5. The minimum absolute atomic E-state index is 0.0606. The lowest BCUT2D eigenvalue weighted by Gasteiger charge is -2.34. The quantitative estimate of drug-likeness (QED) is 0.220. The Morgan fingerprint density at radius 2 is 1.86 bits per heavy atom. The summed E-state index contributed by atoms with van der Waals surface area (Å²) in [4.78, 5) is 22.1. The number of piperidine rings is 1. The molecule has 11 nitrogen and oxygen atoms in total. The molecule has 4 aromatic rings. The number of likely N-dealkylation sites (tertiary alicyclic amines) is 1. The molecule has 0 spiro atoms. The third-order valence-corrected chi connectivity index (χ3v) is 9.24. The molecule has 3 N–H and O–H groups in total. The van der Waals surface area contributed by atoms with Gasteiger partial charge in [-0.1, -0.05) is 12.6 Å². The zero-order valence-corrected chi connectivity index (χ0v) is 24.1. The second-order valence-electron chi connectivity index (χ2n) is 10.8. The van der Waals surface area contributed by atoms with Gasteiger partial charge >= 0.3 is 0 Å². The molecule has 0 unspecified atom stereocenters. The predicted octanol–water partition coefficient (Wildman–Crippen LogP) is 5.00. The van der Waals surface area contributed by atoms with Crippen LogP contribution >= 0.6 is 0 Å². The molecular weight excluding hydrogens is 599 g/mol. The Hall–Kier alpha value is -4.50. The highest BCUT2D eigenvalue weighted by Crippen LogP contribution is 2.39. The molecule has 1 saturated carbocycles. The van der Waals surface area contributed by atoms with Crippen LogP contribution in [0.4, 0.5) is 24.7 Å². The van der Waals surface area contributed by atoms with Crippen molar-refractivity contribution in [2.75, 3.05) is 18.4 Å². The number of benzene rings is 2. The Balaban J connectivity index is 1.16. The Kier molecular flexibility index (Phi) is 7.75. The van der Waals surface area contributed by atoms with Gasteiger partial charge in [-0.2, -0.15) is 5.10 Å².